The Balaban J connectivity index is 2.85. The molecule has 1 amide bonds. The summed E-state index contributed by atoms with van der Waals surface area (Å²) in [6.45, 7) is 0. The number of aromatic nitrogens is 2. The normalized spacial score (nSPS) is 9.73. The predicted octanol–water partition coefficient (Wildman–Crippen LogP) is -0.158. The zero-order valence-electron chi connectivity index (χ0n) is 6.98. The van der Waals surface area contributed by atoms with Crippen LogP contribution < -0.4 is 4.57 Å². The summed E-state index contributed by atoms with van der Waals surface area (Å²) in [5.74, 6) is 0. The quantitative estimate of drug-likeness (QED) is 0.477. The summed E-state index contributed by atoms with van der Waals surface area (Å²) >= 11 is 0. The molecule has 0 N–H and O–H groups in total. The van der Waals surface area contributed by atoms with Gasteiger partial charge in [0.2, 0.25) is 0 Å². The minimum absolute atomic E-state index is 0.0365. The summed E-state index contributed by atoms with van der Waals surface area (Å²) in [4.78, 5) is 12.8. The molecule has 11 heavy (non-hydrogen) atoms. The van der Waals surface area contributed by atoms with E-state index in [4.69, 9.17) is 0 Å². The first-order valence-electron chi connectivity index (χ1n) is 3.36. The number of aryl methyl sites for hydroxylation is 1. The van der Waals surface area contributed by atoms with E-state index in [1.54, 1.807) is 26.6 Å². The fourth-order valence-corrected chi connectivity index (χ4v) is 0.794. The van der Waals surface area contributed by atoms with Crippen LogP contribution >= 0.6 is 0 Å². The second-order valence-electron chi connectivity index (χ2n) is 2.66. The average molecular weight is 154 g/mol. The van der Waals surface area contributed by atoms with Crippen molar-refractivity contribution in [2.24, 2.45) is 7.05 Å². The highest BCUT2D eigenvalue weighted by Gasteiger charge is 2.12. The highest BCUT2D eigenvalue weighted by atomic mass is 16.2. The lowest BCUT2D eigenvalue weighted by Crippen LogP contribution is -2.29. The highest BCUT2D eigenvalue weighted by molar-refractivity contribution is 5.75. The number of hydrogen-bond donors (Lipinski definition) is 0. The predicted molar refractivity (Wildman–Crippen MR) is 40.1 cm³/mol. The minimum atomic E-state index is -0.0365. The van der Waals surface area contributed by atoms with Crippen LogP contribution in [-0.4, -0.2) is 29.6 Å². The molecule has 0 atom stereocenters. The average Bonchev–Trinajstić information content (AvgIpc) is 2.34. The summed E-state index contributed by atoms with van der Waals surface area (Å²) in [5.41, 5.74) is 0. The smallest absolute Gasteiger partial charge is 0.310 e. The van der Waals surface area contributed by atoms with Gasteiger partial charge in [0.05, 0.1) is 7.05 Å². The Hall–Kier alpha value is -1.32. The molecule has 1 rings (SSSR count). The molecule has 0 saturated carbocycles. The number of carbonyl (C=O) groups excluding carboxylic acids is 1. The Kier molecular flexibility index (Phi) is 1.94. The SMILES string of the molecule is CN(C)C(=O)n1cc[n+](C)c1. The number of hydrogen-bond acceptors (Lipinski definition) is 1. The Labute approximate surface area is 65.7 Å². The van der Waals surface area contributed by atoms with Crippen molar-refractivity contribution in [2.75, 3.05) is 14.1 Å². The molecule has 4 nitrogen and oxygen atoms in total. The van der Waals surface area contributed by atoms with Crippen molar-refractivity contribution in [3.05, 3.63) is 18.7 Å². The van der Waals surface area contributed by atoms with Gasteiger partial charge in [0, 0.05) is 14.1 Å². The first kappa shape index (κ1) is 7.78. The molecule has 1 heterocycles. The van der Waals surface area contributed by atoms with Gasteiger partial charge in [-0.3, -0.25) is 0 Å². The van der Waals surface area contributed by atoms with Crippen molar-refractivity contribution in [1.29, 1.82) is 0 Å². The zero-order valence-corrected chi connectivity index (χ0v) is 6.98. The monoisotopic (exact) mass is 154 g/mol. The van der Waals surface area contributed by atoms with Gasteiger partial charge in [-0.1, -0.05) is 0 Å². The van der Waals surface area contributed by atoms with Gasteiger partial charge >= 0.3 is 6.03 Å². The lowest BCUT2D eigenvalue weighted by atomic mass is 10.8. The molecule has 0 aromatic carbocycles. The van der Waals surface area contributed by atoms with E-state index in [9.17, 15) is 4.79 Å². The van der Waals surface area contributed by atoms with E-state index >= 15 is 0 Å². The molecule has 0 unspecified atom stereocenters. The van der Waals surface area contributed by atoms with Crippen LogP contribution in [0.1, 0.15) is 0 Å². The maximum atomic E-state index is 11.2. The Bertz CT molecular complexity index is 264. The lowest BCUT2D eigenvalue weighted by molar-refractivity contribution is -0.670. The van der Waals surface area contributed by atoms with Gasteiger partial charge in [-0.05, 0) is 0 Å². The van der Waals surface area contributed by atoms with E-state index in [1.807, 2.05) is 17.8 Å². The zero-order chi connectivity index (χ0) is 8.43. The molecule has 60 valence electrons. The number of nitrogens with zero attached hydrogens (tertiary/aromatic N) is 3. The summed E-state index contributed by atoms with van der Waals surface area (Å²) in [6, 6.07) is -0.0365. The van der Waals surface area contributed by atoms with Gasteiger partial charge < -0.3 is 4.90 Å². The van der Waals surface area contributed by atoms with Crippen LogP contribution in [0.2, 0.25) is 0 Å². The van der Waals surface area contributed by atoms with Gasteiger partial charge in [-0.25, -0.2) is 9.36 Å². The topological polar surface area (TPSA) is 29.1 Å². The molecule has 0 aliphatic carbocycles. The van der Waals surface area contributed by atoms with Gasteiger partial charge in [0.15, 0.2) is 0 Å². The summed E-state index contributed by atoms with van der Waals surface area (Å²) < 4.78 is 3.35. The summed E-state index contributed by atoms with van der Waals surface area (Å²) in [6.07, 6.45) is 5.27. The highest BCUT2D eigenvalue weighted by Crippen LogP contribution is 1.87. The van der Waals surface area contributed by atoms with Gasteiger partial charge in [0.25, 0.3) is 6.33 Å². The van der Waals surface area contributed by atoms with Gasteiger partial charge in [0.1, 0.15) is 12.4 Å². The first-order chi connectivity index (χ1) is 5.11. The van der Waals surface area contributed by atoms with Crippen molar-refractivity contribution in [1.82, 2.24) is 9.47 Å². The van der Waals surface area contributed by atoms with Crippen molar-refractivity contribution < 1.29 is 9.36 Å². The molecule has 1 aromatic heterocycles. The van der Waals surface area contributed by atoms with Crippen LogP contribution in [0.4, 0.5) is 4.79 Å². The Morgan fingerprint density at radius 3 is 2.55 bits per heavy atom. The lowest BCUT2D eigenvalue weighted by Gasteiger charge is -2.03. The molecule has 1 aromatic rings. The molecular weight excluding hydrogens is 142 g/mol. The Morgan fingerprint density at radius 2 is 2.18 bits per heavy atom. The van der Waals surface area contributed by atoms with Crippen LogP contribution in [0.5, 0.6) is 0 Å². The number of rotatable bonds is 0. The minimum Gasteiger partial charge on any atom is -0.310 e. The number of imidazole rings is 1. The molecule has 0 aliphatic rings. The van der Waals surface area contributed by atoms with Crippen LogP contribution in [0, 0.1) is 0 Å². The third-order valence-electron chi connectivity index (χ3n) is 1.37. The Morgan fingerprint density at radius 1 is 1.55 bits per heavy atom. The van der Waals surface area contributed by atoms with Crippen LogP contribution in [0.25, 0.3) is 0 Å². The fraction of sp³-hybridized carbons (Fsp3) is 0.429. The second-order valence-corrected chi connectivity index (χ2v) is 2.66. The third kappa shape index (κ3) is 1.58. The largest absolute Gasteiger partial charge is 0.415 e. The van der Waals surface area contributed by atoms with Gasteiger partial charge in [-0.15, -0.1) is 0 Å². The maximum absolute atomic E-state index is 11.2. The molecule has 4 heteroatoms. The standard InChI is InChI=1S/C7H12N3O/c1-8(2)7(11)10-5-4-9(3)6-10/h4-6H,1-3H3/q+1. The van der Waals surface area contributed by atoms with Crippen molar-refractivity contribution in [3.63, 3.8) is 0 Å². The van der Waals surface area contributed by atoms with E-state index in [2.05, 4.69) is 0 Å². The summed E-state index contributed by atoms with van der Waals surface area (Å²) in [5, 5.41) is 0. The molecular formula is C7H12N3O+. The molecule has 0 radical (unpaired) electrons. The van der Waals surface area contributed by atoms with E-state index in [1.165, 1.54) is 9.47 Å². The number of carbonyl (C=O) groups is 1. The molecule has 0 aliphatic heterocycles. The fourth-order valence-electron chi connectivity index (χ4n) is 0.794. The van der Waals surface area contributed by atoms with Crippen LogP contribution in [-0.2, 0) is 7.05 Å². The molecule has 0 bridgehead atoms. The third-order valence-corrected chi connectivity index (χ3v) is 1.37. The molecule has 0 saturated heterocycles. The van der Waals surface area contributed by atoms with E-state index in [0.717, 1.165) is 0 Å². The molecule has 0 fully saturated rings. The second kappa shape index (κ2) is 2.74. The van der Waals surface area contributed by atoms with E-state index in [0.29, 0.717) is 0 Å². The van der Waals surface area contributed by atoms with Crippen molar-refractivity contribution >= 4 is 6.03 Å². The van der Waals surface area contributed by atoms with Crippen molar-refractivity contribution in [3.8, 4) is 0 Å². The van der Waals surface area contributed by atoms with E-state index < -0.39 is 0 Å². The van der Waals surface area contributed by atoms with Crippen LogP contribution in [0.3, 0.4) is 0 Å². The maximum Gasteiger partial charge on any atom is 0.415 e. The van der Waals surface area contributed by atoms with Gasteiger partial charge in [-0.2, -0.15) is 4.57 Å². The molecule has 0 spiro atoms. The van der Waals surface area contributed by atoms with E-state index in [-0.39, 0.29) is 6.03 Å². The van der Waals surface area contributed by atoms with Crippen LogP contribution in [0.15, 0.2) is 18.7 Å². The first-order valence-corrected chi connectivity index (χ1v) is 3.36. The summed E-state index contributed by atoms with van der Waals surface area (Å²) in [7, 11) is 5.32. The number of amides is 1. The van der Waals surface area contributed by atoms with Crippen molar-refractivity contribution in [2.45, 2.75) is 0 Å².